The molecule has 13 heavy (non-hydrogen) atoms. The Hall–Kier alpha value is 0.780. The molecule has 0 aliphatic carbocycles. The number of halogens is 4. The van der Waals surface area contributed by atoms with Gasteiger partial charge in [0.05, 0.1) is 0 Å². The fourth-order valence-corrected chi connectivity index (χ4v) is 1.57. The highest BCUT2D eigenvalue weighted by atomic mass is 127. The largest absolute Gasteiger partial charge is 0.384 e. The molecule has 1 atom stereocenters. The molecule has 0 radical (unpaired) electrons. The van der Waals surface area contributed by atoms with E-state index in [9.17, 15) is 5.11 Å². The van der Waals surface area contributed by atoms with Crippen LogP contribution in [0.2, 0.25) is 0 Å². The fraction of sp³-hybridized carbons (Fsp3) is 0.250. The third-order valence-electron chi connectivity index (χ3n) is 1.50. The Morgan fingerprint density at radius 1 is 1.15 bits per heavy atom. The molecule has 1 N–H and O–H groups in total. The average molecular weight is 351 g/mol. The summed E-state index contributed by atoms with van der Waals surface area (Å²) in [6, 6.07) is 7.15. The molecule has 1 aromatic carbocycles. The Morgan fingerprint density at radius 2 is 1.62 bits per heavy atom. The topological polar surface area (TPSA) is 20.2 Å². The first-order valence-corrected chi connectivity index (χ1v) is 5.63. The zero-order valence-corrected chi connectivity index (χ0v) is 10.8. The maximum atomic E-state index is 9.55. The standard InChI is InChI=1S/C8H6Cl3IO/c9-8(10,11)7(13)5-1-3-6(12)4-2-5/h1-4,7,13H. The molecule has 1 unspecified atom stereocenters. The highest BCUT2D eigenvalue weighted by Gasteiger charge is 2.31. The van der Waals surface area contributed by atoms with Crippen molar-refractivity contribution in [3.63, 3.8) is 0 Å². The van der Waals surface area contributed by atoms with E-state index in [0.29, 0.717) is 5.56 Å². The van der Waals surface area contributed by atoms with Crippen LogP contribution in [0, 0.1) is 3.57 Å². The highest BCUT2D eigenvalue weighted by Crippen LogP contribution is 2.39. The smallest absolute Gasteiger partial charge is 0.220 e. The van der Waals surface area contributed by atoms with E-state index < -0.39 is 9.90 Å². The maximum Gasteiger partial charge on any atom is 0.220 e. The zero-order valence-electron chi connectivity index (χ0n) is 6.35. The number of alkyl halides is 3. The van der Waals surface area contributed by atoms with E-state index in [4.69, 9.17) is 34.8 Å². The molecule has 0 fully saturated rings. The lowest BCUT2D eigenvalue weighted by atomic mass is 10.1. The van der Waals surface area contributed by atoms with Gasteiger partial charge in [-0.3, -0.25) is 0 Å². The molecule has 5 heteroatoms. The normalized spacial score (nSPS) is 14.2. The van der Waals surface area contributed by atoms with Crippen molar-refractivity contribution >= 4 is 57.4 Å². The van der Waals surface area contributed by atoms with Crippen molar-refractivity contribution in [1.82, 2.24) is 0 Å². The van der Waals surface area contributed by atoms with Gasteiger partial charge in [0.25, 0.3) is 0 Å². The van der Waals surface area contributed by atoms with Crippen molar-refractivity contribution in [3.8, 4) is 0 Å². The third kappa shape index (κ3) is 3.44. The molecule has 0 amide bonds. The minimum Gasteiger partial charge on any atom is -0.384 e. The van der Waals surface area contributed by atoms with Gasteiger partial charge in [-0.25, -0.2) is 0 Å². The van der Waals surface area contributed by atoms with Crippen molar-refractivity contribution in [2.24, 2.45) is 0 Å². The second-order valence-corrected chi connectivity index (χ2v) is 6.11. The van der Waals surface area contributed by atoms with Gasteiger partial charge in [0.15, 0.2) is 0 Å². The lowest BCUT2D eigenvalue weighted by molar-refractivity contribution is 0.182. The van der Waals surface area contributed by atoms with Crippen molar-refractivity contribution in [1.29, 1.82) is 0 Å². The van der Waals surface area contributed by atoms with E-state index in [2.05, 4.69) is 22.6 Å². The monoisotopic (exact) mass is 350 g/mol. The van der Waals surface area contributed by atoms with Crippen LogP contribution < -0.4 is 0 Å². The van der Waals surface area contributed by atoms with E-state index in [0.717, 1.165) is 3.57 Å². The van der Waals surface area contributed by atoms with E-state index in [1.54, 1.807) is 12.1 Å². The van der Waals surface area contributed by atoms with Gasteiger partial charge in [-0.05, 0) is 40.3 Å². The predicted octanol–water partition coefficient (Wildman–Crippen LogP) is 3.69. The molecule has 1 rings (SSSR count). The number of benzene rings is 1. The summed E-state index contributed by atoms with van der Waals surface area (Å²) in [5.74, 6) is 0. The van der Waals surface area contributed by atoms with Crippen LogP contribution >= 0.6 is 57.4 Å². The molecule has 72 valence electrons. The molecular weight excluding hydrogens is 345 g/mol. The van der Waals surface area contributed by atoms with Crippen LogP contribution in [0.3, 0.4) is 0 Å². The number of hydrogen-bond donors (Lipinski definition) is 1. The van der Waals surface area contributed by atoms with Gasteiger partial charge in [-0.15, -0.1) is 0 Å². The summed E-state index contributed by atoms with van der Waals surface area (Å²) in [7, 11) is 0. The van der Waals surface area contributed by atoms with Crippen molar-refractivity contribution in [2.45, 2.75) is 9.90 Å². The Labute approximate surface area is 105 Å². The van der Waals surface area contributed by atoms with Crippen LogP contribution in [-0.2, 0) is 0 Å². The minimum atomic E-state index is -1.67. The summed E-state index contributed by atoms with van der Waals surface area (Å²) in [6.07, 6.45) is -1.09. The zero-order chi connectivity index (χ0) is 10.1. The summed E-state index contributed by atoms with van der Waals surface area (Å²) in [4.78, 5) is 0. The van der Waals surface area contributed by atoms with Crippen LogP contribution in [0.1, 0.15) is 11.7 Å². The second kappa shape index (κ2) is 4.53. The fourth-order valence-electron chi connectivity index (χ4n) is 0.834. The molecule has 0 aliphatic rings. The van der Waals surface area contributed by atoms with Crippen molar-refractivity contribution in [3.05, 3.63) is 33.4 Å². The first-order valence-electron chi connectivity index (χ1n) is 3.41. The van der Waals surface area contributed by atoms with Crippen molar-refractivity contribution < 1.29 is 5.11 Å². The molecule has 0 heterocycles. The van der Waals surface area contributed by atoms with Crippen LogP contribution in [0.4, 0.5) is 0 Å². The summed E-state index contributed by atoms with van der Waals surface area (Å²) >= 11 is 18.8. The van der Waals surface area contributed by atoms with Crippen LogP contribution in [0.5, 0.6) is 0 Å². The molecule has 0 aliphatic heterocycles. The summed E-state index contributed by atoms with van der Waals surface area (Å²) in [6.45, 7) is 0. The second-order valence-electron chi connectivity index (χ2n) is 2.50. The quantitative estimate of drug-likeness (QED) is 0.604. The lowest BCUT2D eigenvalue weighted by Gasteiger charge is -2.18. The molecule has 0 spiro atoms. The van der Waals surface area contributed by atoms with Gasteiger partial charge in [0.1, 0.15) is 6.10 Å². The van der Waals surface area contributed by atoms with Gasteiger partial charge in [0.2, 0.25) is 3.79 Å². The van der Waals surface area contributed by atoms with Crippen LogP contribution in [0.15, 0.2) is 24.3 Å². The molecular formula is C8H6Cl3IO. The average Bonchev–Trinajstić information content (AvgIpc) is 2.03. The third-order valence-corrected chi connectivity index (χ3v) is 2.84. The van der Waals surface area contributed by atoms with Gasteiger partial charge in [-0.1, -0.05) is 46.9 Å². The molecule has 0 aromatic heterocycles. The Bertz CT molecular complexity index is 280. The molecule has 0 saturated heterocycles. The Kier molecular flexibility index (Phi) is 4.13. The number of aliphatic hydroxyl groups is 1. The summed E-state index contributed by atoms with van der Waals surface area (Å²) in [5, 5.41) is 9.55. The Morgan fingerprint density at radius 3 is 2.00 bits per heavy atom. The van der Waals surface area contributed by atoms with E-state index >= 15 is 0 Å². The van der Waals surface area contributed by atoms with E-state index in [1.165, 1.54) is 0 Å². The van der Waals surface area contributed by atoms with E-state index in [1.807, 2.05) is 12.1 Å². The number of aliphatic hydroxyl groups excluding tert-OH is 1. The molecule has 0 bridgehead atoms. The summed E-state index contributed by atoms with van der Waals surface area (Å²) < 4.78 is -0.606. The van der Waals surface area contributed by atoms with Gasteiger partial charge in [-0.2, -0.15) is 0 Å². The van der Waals surface area contributed by atoms with Gasteiger partial charge >= 0.3 is 0 Å². The highest BCUT2D eigenvalue weighted by molar-refractivity contribution is 14.1. The predicted molar refractivity (Wildman–Crippen MR) is 64.4 cm³/mol. The van der Waals surface area contributed by atoms with Crippen molar-refractivity contribution in [2.75, 3.05) is 0 Å². The first kappa shape index (κ1) is 11.9. The number of rotatable bonds is 1. The van der Waals surface area contributed by atoms with Gasteiger partial charge < -0.3 is 5.11 Å². The molecule has 1 nitrogen and oxygen atoms in total. The maximum absolute atomic E-state index is 9.55. The van der Waals surface area contributed by atoms with Gasteiger partial charge in [0, 0.05) is 3.57 Å². The van der Waals surface area contributed by atoms with Crippen LogP contribution in [-0.4, -0.2) is 8.90 Å². The van der Waals surface area contributed by atoms with Crippen LogP contribution in [0.25, 0.3) is 0 Å². The molecule has 0 saturated carbocycles. The molecule has 1 aromatic rings. The Balaban J connectivity index is 2.90. The minimum absolute atomic E-state index is 0.598. The summed E-state index contributed by atoms with van der Waals surface area (Å²) in [5.41, 5.74) is 0.598. The first-order chi connectivity index (χ1) is 5.91. The van der Waals surface area contributed by atoms with E-state index in [-0.39, 0.29) is 0 Å². The number of hydrogen-bond acceptors (Lipinski definition) is 1. The lowest BCUT2D eigenvalue weighted by Crippen LogP contribution is -2.16. The SMILES string of the molecule is OC(c1ccc(I)cc1)C(Cl)(Cl)Cl.